The standard InChI is InChI=1S/C17H22N6O4S/c1-17(2,22-7-9-27-10-8-22)11-18-15(24)14-19-16-21-28(25,26)13-6-4-3-5-12(13)23(16)20-14/h3-6H,7-11H2,1-2H3,(H,18,24)(H,19,20,21). The number of carbonyl (C=O) groups excluding carboxylic acids is 1. The number of hydrogen-bond donors (Lipinski definition) is 2. The van der Waals surface area contributed by atoms with Gasteiger partial charge < -0.3 is 10.1 Å². The van der Waals surface area contributed by atoms with Gasteiger partial charge in [0, 0.05) is 25.2 Å². The van der Waals surface area contributed by atoms with Crippen LogP contribution in [0.2, 0.25) is 0 Å². The van der Waals surface area contributed by atoms with Crippen molar-refractivity contribution in [2.75, 3.05) is 37.6 Å². The fourth-order valence-corrected chi connectivity index (χ4v) is 4.50. The van der Waals surface area contributed by atoms with Crippen LogP contribution in [0.5, 0.6) is 0 Å². The summed E-state index contributed by atoms with van der Waals surface area (Å²) in [5.74, 6) is -0.552. The third-order valence-corrected chi connectivity index (χ3v) is 6.34. The molecular formula is C17H22N6O4S. The van der Waals surface area contributed by atoms with Crippen molar-refractivity contribution in [1.82, 2.24) is 25.0 Å². The molecule has 1 aromatic heterocycles. The van der Waals surface area contributed by atoms with Crippen molar-refractivity contribution in [1.29, 1.82) is 0 Å². The minimum atomic E-state index is -3.74. The summed E-state index contributed by atoms with van der Waals surface area (Å²) in [6.45, 7) is 7.46. The van der Waals surface area contributed by atoms with Gasteiger partial charge >= 0.3 is 0 Å². The summed E-state index contributed by atoms with van der Waals surface area (Å²) in [7, 11) is -3.74. The zero-order chi connectivity index (χ0) is 19.9. The number of fused-ring (bicyclic) bond motifs is 3. The second kappa shape index (κ2) is 6.83. The molecule has 11 heteroatoms. The van der Waals surface area contributed by atoms with Gasteiger partial charge in [0.1, 0.15) is 4.90 Å². The normalized spacial score (nSPS) is 18.6. The molecule has 0 radical (unpaired) electrons. The van der Waals surface area contributed by atoms with Gasteiger partial charge in [-0.15, -0.1) is 5.10 Å². The zero-order valence-electron chi connectivity index (χ0n) is 15.7. The SMILES string of the molecule is CC(C)(CNC(=O)c1nc2n(n1)-c1ccccc1S(=O)(=O)N2)N1CCOCC1. The summed E-state index contributed by atoms with van der Waals surface area (Å²) in [5.41, 5.74) is 0.101. The molecule has 150 valence electrons. The number of anilines is 1. The van der Waals surface area contributed by atoms with Crippen LogP contribution in [-0.2, 0) is 14.8 Å². The summed E-state index contributed by atoms with van der Waals surface area (Å²) in [4.78, 5) is 19.0. The number of para-hydroxylation sites is 1. The average Bonchev–Trinajstić information content (AvgIpc) is 3.10. The van der Waals surface area contributed by atoms with E-state index in [1.54, 1.807) is 18.2 Å². The summed E-state index contributed by atoms with van der Waals surface area (Å²) < 4.78 is 33.7. The number of morpholine rings is 1. The van der Waals surface area contributed by atoms with Crippen molar-refractivity contribution >= 4 is 21.9 Å². The third-order valence-electron chi connectivity index (χ3n) is 4.97. The van der Waals surface area contributed by atoms with Gasteiger partial charge in [-0.3, -0.25) is 9.69 Å². The molecular weight excluding hydrogens is 384 g/mol. The Hall–Kier alpha value is -2.50. The highest BCUT2D eigenvalue weighted by molar-refractivity contribution is 7.92. The van der Waals surface area contributed by atoms with E-state index in [0.717, 1.165) is 13.1 Å². The largest absolute Gasteiger partial charge is 0.379 e. The topological polar surface area (TPSA) is 118 Å². The van der Waals surface area contributed by atoms with E-state index in [1.807, 2.05) is 0 Å². The smallest absolute Gasteiger partial charge is 0.291 e. The molecule has 0 aliphatic carbocycles. The van der Waals surface area contributed by atoms with E-state index in [1.165, 1.54) is 10.7 Å². The second-order valence-corrected chi connectivity index (χ2v) is 8.99. The lowest BCUT2D eigenvalue weighted by atomic mass is 10.0. The highest BCUT2D eigenvalue weighted by atomic mass is 32.2. The van der Waals surface area contributed by atoms with Gasteiger partial charge in [-0.25, -0.2) is 13.1 Å². The van der Waals surface area contributed by atoms with Gasteiger partial charge in [-0.2, -0.15) is 9.67 Å². The van der Waals surface area contributed by atoms with E-state index in [9.17, 15) is 13.2 Å². The van der Waals surface area contributed by atoms with Crippen LogP contribution in [0.4, 0.5) is 5.95 Å². The van der Waals surface area contributed by atoms with Gasteiger partial charge in [0.2, 0.25) is 11.8 Å². The first-order valence-corrected chi connectivity index (χ1v) is 10.5. The van der Waals surface area contributed by atoms with E-state index in [4.69, 9.17) is 4.74 Å². The van der Waals surface area contributed by atoms with Crippen LogP contribution in [0.25, 0.3) is 5.69 Å². The van der Waals surface area contributed by atoms with Crippen molar-refractivity contribution in [3.8, 4) is 5.69 Å². The Kier molecular flexibility index (Phi) is 4.60. The minimum Gasteiger partial charge on any atom is -0.379 e. The van der Waals surface area contributed by atoms with Crippen LogP contribution in [0.3, 0.4) is 0 Å². The third kappa shape index (κ3) is 3.36. The van der Waals surface area contributed by atoms with Gasteiger partial charge in [0.25, 0.3) is 15.9 Å². The monoisotopic (exact) mass is 406 g/mol. The van der Waals surface area contributed by atoms with Crippen LogP contribution >= 0.6 is 0 Å². The van der Waals surface area contributed by atoms with Crippen molar-refractivity contribution < 1.29 is 17.9 Å². The molecule has 2 aliphatic rings. The number of hydrogen-bond acceptors (Lipinski definition) is 7. The molecule has 1 amide bonds. The molecule has 0 unspecified atom stereocenters. The molecule has 2 aliphatic heterocycles. The molecule has 2 aromatic rings. The average molecular weight is 406 g/mol. The molecule has 0 bridgehead atoms. The van der Waals surface area contributed by atoms with Crippen LogP contribution in [-0.4, -0.2) is 72.4 Å². The maximum Gasteiger partial charge on any atom is 0.291 e. The van der Waals surface area contributed by atoms with Crippen molar-refractivity contribution in [3.63, 3.8) is 0 Å². The number of rotatable bonds is 4. The lowest BCUT2D eigenvalue weighted by Crippen LogP contribution is -2.55. The number of nitrogens with zero attached hydrogens (tertiary/aromatic N) is 4. The van der Waals surface area contributed by atoms with Crippen molar-refractivity contribution in [3.05, 3.63) is 30.1 Å². The predicted octanol–water partition coefficient (Wildman–Crippen LogP) is 0.222. The number of ether oxygens (including phenoxy) is 1. The van der Waals surface area contributed by atoms with E-state index in [2.05, 4.69) is 38.9 Å². The summed E-state index contributed by atoms with van der Waals surface area (Å²) in [6.07, 6.45) is 0. The quantitative estimate of drug-likeness (QED) is 0.746. The highest BCUT2D eigenvalue weighted by Crippen LogP contribution is 2.29. The van der Waals surface area contributed by atoms with Gasteiger partial charge in [0.15, 0.2) is 0 Å². The second-order valence-electron chi connectivity index (χ2n) is 7.34. The summed E-state index contributed by atoms with van der Waals surface area (Å²) >= 11 is 0. The zero-order valence-corrected chi connectivity index (χ0v) is 16.5. The van der Waals surface area contributed by atoms with Crippen LogP contribution in [0.15, 0.2) is 29.2 Å². The summed E-state index contributed by atoms with van der Waals surface area (Å²) in [5, 5.41) is 7.06. The van der Waals surface area contributed by atoms with Gasteiger partial charge in [-0.1, -0.05) is 12.1 Å². The highest BCUT2D eigenvalue weighted by Gasteiger charge is 2.32. The Bertz CT molecular complexity index is 1010. The van der Waals surface area contributed by atoms with Gasteiger partial charge in [-0.05, 0) is 26.0 Å². The van der Waals surface area contributed by atoms with Crippen LogP contribution in [0, 0.1) is 0 Å². The van der Waals surface area contributed by atoms with Gasteiger partial charge in [0.05, 0.1) is 18.9 Å². The predicted molar refractivity (Wildman–Crippen MR) is 101 cm³/mol. The lowest BCUT2D eigenvalue weighted by Gasteiger charge is -2.40. The molecule has 3 heterocycles. The maximum absolute atomic E-state index is 12.6. The van der Waals surface area contributed by atoms with E-state index in [0.29, 0.717) is 25.4 Å². The fourth-order valence-electron chi connectivity index (χ4n) is 3.33. The van der Waals surface area contributed by atoms with Crippen LogP contribution < -0.4 is 10.0 Å². The first kappa shape index (κ1) is 18.8. The summed E-state index contributed by atoms with van der Waals surface area (Å²) in [6, 6.07) is 6.43. The molecule has 1 fully saturated rings. The molecule has 1 aromatic carbocycles. The number of nitrogens with one attached hydrogen (secondary N) is 2. The van der Waals surface area contributed by atoms with Crippen molar-refractivity contribution in [2.45, 2.75) is 24.3 Å². The Morgan fingerprint density at radius 3 is 2.75 bits per heavy atom. The molecule has 4 rings (SSSR count). The van der Waals surface area contributed by atoms with Crippen LogP contribution in [0.1, 0.15) is 24.5 Å². The molecule has 2 N–H and O–H groups in total. The first-order valence-electron chi connectivity index (χ1n) is 8.98. The van der Waals surface area contributed by atoms with Crippen molar-refractivity contribution in [2.24, 2.45) is 0 Å². The first-order chi connectivity index (χ1) is 13.3. The number of carbonyl (C=O) groups is 1. The molecule has 0 saturated carbocycles. The Labute approximate surface area is 162 Å². The molecule has 0 spiro atoms. The Balaban J connectivity index is 1.53. The van der Waals surface area contributed by atoms with E-state index >= 15 is 0 Å². The van der Waals surface area contributed by atoms with E-state index in [-0.39, 0.29) is 22.2 Å². The molecule has 0 atom stereocenters. The fraction of sp³-hybridized carbons (Fsp3) is 0.471. The maximum atomic E-state index is 12.6. The molecule has 28 heavy (non-hydrogen) atoms. The number of amides is 1. The Morgan fingerprint density at radius 1 is 1.29 bits per heavy atom. The molecule has 1 saturated heterocycles. The number of benzene rings is 1. The van der Waals surface area contributed by atoms with E-state index < -0.39 is 15.9 Å². The number of sulfonamides is 1. The molecule has 10 nitrogen and oxygen atoms in total. The lowest BCUT2D eigenvalue weighted by molar-refractivity contribution is -0.00926. The number of aromatic nitrogens is 3. The minimum absolute atomic E-state index is 0.00344. The Morgan fingerprint density at radius 2 is 2.00 bits per heavy atom.